The van der Waals surface area contributed by atoms with Crippen molar-refractivity contribution < 1.29 is 4.74 Å². The van der Waals surface area contributed by atoms with E-state index < -0.39 is 0 Å². The zero-order valence-corrected chi connectivity index (χ0v) is 12.7. The molecule has 2 fully saturated rings. The molecule has 1 N–H and O–H groups in total. The van der Waals surface area contributed by atoms with E-state index in [0.717, 1.165) is 25.1 Å². The minimum atomic E-state index is 0.490. The summed E-state index contributed by atoms with van der Waals surface area (Å²) >= 11 is 1.90. The van der Waals surface area contributed by atoms with Crippen LogP contribution in [0, 0.1) is 5.92 Å². The summed E-state index contributed by atoms with van der Waals surface area (Å²) in [6, 6.07) is 5.29. The first kappa shape index (κ1) is 13.6. The maximum Gasteiger partial charge on any atom is 0.0813 e. The number of hydrogen-bond donors (Lipinski definition) is 1. The van der Waals surface area contributed by atoms with Crippen LogP contribution in [-0.2, 0) is 17.9 Å². The zero-order valence-electron chi connectivity index (χ0n) is 11.9. The van der Waals surface area contributed by atoms with Gasteiger partial charge in [-0.15, -0.1) is 11.3 Å². The van der Waals surface area contributed by atoms with E-state index in [0.29, 0.717) is 6.10 Å². The minimum Gasteiger partial charge on any atom is -0.372 e. The second kappa shape index (κ2) is 6.38. The fourth-order valence-corrected chi connectivity index (χ4v) is 3.74. The van der Waals surface area contributed by atoms with Gasteiger partial charge in [0, 0.05) is 22.3 Å². The van der Waals surface area contributed by atoms with E-state index in [1.807, 2.05) is 11.3 Å². The van der Waals surface area contributed by atoms with Crippen LogP contribution >= 0.6 is 11.3 Å². The molecular formula is C16H25NOS. The van der Waals surface area contributed by atoms with Crippen LogP contribution in [0.1, 0.15) is 55.2 Å². The van der Waals surface area contributed by atoms with Crippen molar-refractivity contribution in [1.29, 1.82) is 0 Å². The van der Waals surface area contributed by atoms with Crippen LogP contribution in [0.25, 0.3) is 0 Å². The van der Waals surface area contributed by atoms with Crippen molar-refractivity contribution in [3.05, 3.63) is 21.9 Å². The molecule has 0 aromatic carbocycles. The number of rotatable bonds is 6. The first-order chi connectivity index (χ1) is 9.31. The van der Waals surface area contributed by atoms with Gasteiger partial charge in [0.25, 0.3) is 0 Å². The third-order valence-electron chi connectivity index (χ3n) is 4.33. The molecule has 1 aromatic rings. The van der Waals surface area contributed by atoms with Gasteiger partial charge in [0.1, 0.15) is 0 Å². The van der Waals surface area contributed by atoms with Gasteiger partial charge in [-0.1, -0.05) is 19.8 Å². The van der Waals surface area contributed by atoms with Crippen molar-refractivity contribution in [2.24, 2.45) is 5.92 Å². The van der Waals surface area contributed by atoms with Crippen LogP contribution in [0.4, 0.5) is 0 Å². The zero-order chi connectivity index (χ0) is 13.1. The van der Waals surface area contributed by atoms with Gasteiger partial charge < -0.3 is 10.1 Å². The maximum atomic E-state index is 6.12. The first-order valence-electron chi connectivity index (χ1n) is 7.74. The molecule has 0 aliphatic heterocycles. The summed E-state index contributed by atoms with van der Waals surface area (Å²) in [5.41, 5.74) is 0. The van der Waals surface area contributed by atoms with Gasteiger partial charge in [0.15, 0.2) is 0 Å². The second-order valence-electron chi connectivity index (χ2n) is 6.13. The van der Waals surface area contributed by atoms with E-state index in [4.69, 9.17) is 4.74 Å². The second-order valence-corrected chi connectivity index (χ2v) is 7.39. The summed E-state index contributed by atoms with van der Waals surface area (Å²) in [5, 5.41) is 3.57. The van der Waals surface area contributed by atoms with E-state index in [2.05, 4.69) is 24.4 Å². The number of thiophene rings is 1. The van der Waals surface area contributed by atoms with Crippen LogP contribution in [0.2, 0.25) is 0 Å². The quantitative estimate of drug-likeness (QED) is 0.846. The number of nitrogens with one attached hydrogen (secondary N) is 1. The van der Waals surface area contributed by atoms with Crippen LogP contribution in [0.3, 0.4) is 0 Å². The fourth-order valence-electron chi connectivity index (χ4n) is 2.85. The van der Waals surface area contributed by atoms with Crippen molar-refractivity contribution in [2.75, 3.05) is 0 Å². The number of ether oxygens (including phenoxy) is 1. The van der Waals surface area contributed by atoms with Crippen molar-refractivity contribution in [3.63, 3.8) is 0 Å². The number of hydrogen-bond acceptors (Lipinski definition) is 3. The van der Waals surface area contributed by atoms with Crippen molar-refractivity contribution in [1.82, 2.24) is 5.32 Å². The van der Waals surface area contributed by atoms with Crippen LogP contribution in [0.5, 0.6) is 0 Å². The Hall–Kier alpha value is -0.380. The van der Waals surface area contributed by atoms with Gasteiger partial charge in [-0.25, -0.2) is 0 Å². The molecule has 0 bridgehead atoms. The van der Waals surface area contributed by atoms with Crippen molar-refractivity contribution >= 4 is 11.3 Å². The van der Waals surface area contributed by atoms with Gasteiger partial charge in [0.2, 0.25) is 0 Å². The van der Waals surface area contributed by atoms with Gasteiger partial charge in [-0.05, 0) is 43.7 Å². The lowest BCUT2D eigenvalue weighted by Crippen LogP contribution is -2.25. The van der Waals surface area contributed by atoms with Crippen LogP contribution < -0.4 is 5.32 Å². The molecular weight excluding hydrogens is 254 g/mol. The molecule has 2 unspecified atom stereocenters. The Kier molecular flexibility index (Phi) is 4.57. The summed E-state index contributed by atoms with van der Waals surface area (Å²) in [4.78, 5) is 2.83. The highest BCUT2D eigenvalue weighted by Gasteiger charge is 2.22. The van der Waals surface area contributed by atoms with Gasteiger partial charge in [-0.3, -0.25) is 0 Å². The summed E-state index contributed by atoms with van der Waals surface area (Å²) in [6.45, 7) is 4.18. The van der Waals surface area contributed by atoms with E-state index >= 15 is 0 Å². The van der Waals surface area contributed by atoms with Gasteiger partial charge in [-0.2, -0.15) is 0 Å². The Balaban J connectivity index is 1.43. The molecule has 0 amide bonds. The maximum absolute atomic E-state index is 6.12. The highest BCUT2D eigenvalue weighted by atomic mass is 32.1. The van der Waals surface area contributed by atoms with Crippen molar-refractivity contribution in [2.45, 2.75) is 70.7 Å². The van der Waals surface area contributed by atoms with Gasteiger partial charge in [0.05, 0.1) is 12.7 Å². The molecule has 2 aliphatic rings. The van der Waals surface area contributed by atoms with Gasteiger partial charge >= 0.3 is 0 Å². The SMILES string of the molecule is CC1CCCCC1OCc1ccc(CNC2CC2)s1. The van der Waals surface area contributed by atoms with Crippen LogP contribution in [-0.4, -0.2) is 12.1 Å². The Labute approximate surface area is 120 Å². The molecule has 3 rings (SSSR count). The summed E-state index contributed by atoms with van der Waals surface area (Å²) in [5.74, 6) is 0.740. The minimum absolute atomic E-state index is 0.490. The van der Waals surface area contributed by atoms with Crippen LogP contribution in [0.15, 0.2) is 12.1 Å². The molecule has 1 heterocycles. The molecule has 1 aromatic heterocycles. The lowest BCUT2D eigenvalue weighted by atomic mass is 9.88. The molecule has 2 saturated carbocycles. The normalized spacial score (nSPS) is 27.6. The fraction of sp³-hybridized carbons (Fsp3) is 0.750. The molecule has 2 nitrogen and oxygen atoms in total. The van der Waals surface area contributed by atoms with E-state index in [1.54, 1.807) is 0 Å². The lowest BCUT2D eigenvalue weighted by Gasteiger charge is -2.28. The van der Waals surface area contributed by atoms with E-state index in [-0.39, 0.29) is 0 Å². The Bertz CT molecular complexity index is 399. The molecule has 2 atom stereocenters. The lowest BCUT2D eigenvalue weighted by molar-refractivity contribution is -0.0143. The third-order valence-corrected chi connectivity index (χ3v) is 5.39. The average Bonchev–Trinajstić information content (AvgIpc) is 3.14. The highest BCUT2D eigenvalue weighted by molar-refractivity contribution is 7.11. The monoisotopic (exact) mass is 279 g/mol. The summed E-state index contributed by atoms with van der Waals surface area (Å²) in [7, 11) is 0. The Morgan fingerprint density at radius 2 is 1.95 bits per heavy atom. The molecule has 19 heavy (non-hydrogen) atoms. The Morgan fingerprint density at radius 3 is 2.74 bits per heavy atom. The summed E-state index contributed by atoms with van der Waals surface area (Å²) < 4.78 is 6.12. The summed E-state index contributed by atoms with van der Waals surface area (Å²) in [6.07, 6.45) is 8.53. The average molecular weight is 279 g/mol. The van der Waals surface area contributed by atoms with Crippen molar-refractivity contribution in [3.8, 4) is 0 Å². The van der Waals surface area contributed by atoms with E-state index in [1.165, 1.54) is 48.3 Å². The smallest absolute Gasteiger partial charge is 0.0813 e. The molecule has 3 heteroatoms. The highest BCUT2D eigenvalue weighted by Crippen LogP contribution is 2.28. The standard InChI is InChI=1S/C16H25NOS/c1-12-4-2-3-5-16(12)18-11-15-9-8-14(19-15)10-17-13-6-7-13/h8-9,12-13,16-17H,2-7,10-11H2,1H3. The molecule has 106 valence electrons. The third kappa shape index (κ3) is 4.04. The topological polar surface area (TPSA) is 21.3 Å². The predicted octanol–water partition coefficient (Wildman–Crippen LogP) is 4.10. The molecule has 0 radical (unpaired) electrons. The van der Waals surface area contributed by atoms with E-state index in [9.17, 15) is 0 Å². The predicted molar refractivity (Wildman–Crippen MR) is 80.4 cm³/mol. The molecule has 0 spiro atoms. The Morgan fingerprint density at radius 1 is 1.16 bits per heavy atom. The molecule has 0 saturated heterocycles. The molecule has 2 aliphatic carbocycles. The first-order valence-corrected chi connectivity index (χ1v) is 8.55. The largest absolute Gasteiger partial charge is 0.372 e.